The Bertz CT molecular complexity index is 551. The third-order valence-corrected chi connectivity index (χ3v) is 3.43. The molecule has 112 valence electrons. The van der Waals surface area contributed by atoms with E-state index in [1.165, 1.54) is 13.8 Å². The fourth-order valence-corrected chi connectivity index (χ4v) is 2.03. The zero-order valence-electron chi connectivity index (χ0n) is 11.7. The van der Waals surface area contributed by atoms with Crippen LogP contribution in [0.15, 0.2) is 11.1 Å². The molecule has 0 bridgehead atoms. The molecule has 1 saturated heterocycles. The standard InChI is InChI=1S/C13H14N2O6/c1-7-8(2)13(20)14(12(7)19)6-5-11(18)21-15-9(16)3-4-10(15)17/h3-6H2,1-2H3. The number of carbonyl (C=O) groups is 5. The molecule has 2 aliphatic heterocycles. The Morgan fingerprint density at radius 2 is 1.48 bits per heavy atom. The van der Waals surface area contributed by atoms with Gasteiger partial charge in [0.2, 0.25) is 0 Å². The first-order chi connectivity index (χ1) is 9.82. The zero-order chi connectivity index (χ0) is 15.7. The van der Waals surface area contributed by atoms with Gasteiger partial charge >= 0.3 is 5.97 Å². The molecule has 0 aliphatic carbocycles. The van der Waals surface area contributed by atoms with E-state index in [2.05, 4.69) is 4.84 Å². The van der Waals surface area contributed by atoms with Crippen LogP contribution in [0.2, 0.25) is 0 Å². The van der Waals surface area contributed by atoms with Gasteiger partial charge in [0, 0.05) is 30.5 Å². The van der Waals surface area contributed by atoms with E-state index < -0.39 is 29.6 Å². The number of rotatable bonds is 4. The van der Waals surface area contributed by atoms with Gasteiger partial charge in [-0.25, -0.2) is 4.79 Å². The monoisotopic (exact) mass is 294 g/mol. The number of amides is 4. The Hall–Kier alpha value is -2.51. The molecule has 8 nitrogen and oxygen atoms in total. The van der Waals surface area contributed by atoms with Gasteiger partial charge in [-0.05, 0) is 13.8 Å². The maximum Gasteiger partial charge on any atom is 0.335 e. The summed E-state index contributed by atoms with van der Waals surface area (Å²) in [5.74, 6) is -2.89. The molecule has 0 radical (unpaired) electrons. The summed E-state index contributed by atoms with van der Waals surface area (Å²) >= 11 is 0. The minimum absolute atomic E-state index is 0.0114. The lowest BCUT2D eigenvalue weighted by atomic mass is 10.2. The average molecular weight is 294 g/mol. The third-order valence-electron chi connectivity index (χ3n) is 3.43. The maximum atomic E-state index is 11.8. The molecule has 0 aromatic carbocycles. The van der Waals surface area contributed by atoms with Crippen molar-refractivity contribution in [3.63, 3.8) is 0 Å². The van der Waals surface area contributed by atoms with Crippen molar-refractivity contribution < 1.29 is 28.8 Å². The first-order valence-corrected chi connectivity index (χ1v) is 6.43. The highest BCUT2D eigenvalue weighted by atomic mass is 16.7. The SMILES string of the molecule is CC1=C(C)C(=O)N(CCC(=O)ON2C(=O)CCC2=O)C1=O. The van der Waals surface area contributed by atoms with Crippen molar-refractivity contribution in [2.75, 3.05) is 6.54 Å². The number of carbonyl (C=O) groups excluding carboxylic acids is 5. The first kappa shape index (κ1) is 14.9. The number of imide groups is 2. The normalized spacial score (nSPS) is 19.1. The lowest BCUT2D eigenvalue weighted by molar-refractivity contribution is -0.197. The van der Waals surface area contributed by atoms with E-state index in [1.807, 2.05) is 0 Å². The first-order valence-electron chi connectivity index (χ1n) is 6.43. The predicted molar refractivity (Wildman–Crippen MR) is 66.9 cm³/mol. The van der Waals surface area contributed by atoms with Crippen LogP contribution in [-0.2, 0) is 28.8 Å². The fraction of sp³-hybridized carbons (Fsp3) is 0.462. The van der Waals surface area contributed by atoms with Gasteiger partial charge in [-0.3, -0.25) is 24.1 Å². The van der Waals surface area contributed by atoms with Crippen LogP contribution in [0, 0.1) is 0 Å². The molecule has 8 heteroatoms. The molecule has 0 N–H and O–H groups in total. The van der Waals surface area contributed by atoms with E-state index in [0.717, 1.165) is 4.90 Å². The second-order valence-corrected chi connectivity index (χ2v) is 4.81. The molecule has 2 heterocycles. The topological polar surface area (TPSA) is 101 Å². The number of nitrogens with zero attached hydrogens (tertiary/aromatic N) is 2. The van der Waals surface area contributed by atoms with Crippen LogP contribution in [0.3, 0.4) is 0 Å². The quantitative estimate of drug-likeness (QED) is 0.659. The van der Waals surface area contributed by atoms with Crippen LogP contribution in [0.4, 0.5) is 0 Å². The lowest BCUT2D eigenvalue weighted by Crippen LogP contribution is -2.36. The molecule has 0 aromatic heterocycles. The van der Waals surface area contributed by atoms with E-state index in [0.29, 0.717) is 16.2 Å². The van der Waals surface area contributed by atoms with Crippen molar-refractivity contribution in [1.82, 2.24) is 9.96 Å². The summed E-state index contributed by atoms with van der Waals surface area (Å²) in [5, 5.41) is 0.435. The summed E-state index contributed by atoms with van der Waals surface area (Å²) in [6.45, 7) is 2.92. The van der Waals surface area contributed by atoms with Gasteiger partial charge in [-0.2, -0.15) is 0 Å². The second kappa shape index (κ2) is 5.47. The maximum absolute atomic E-state index is 11.8. The molecule has 0 spiro atoms. The molecular weight excluding hydrogens is 280 g/mol. The number of hydrogen-bond acceptors (Lipinski definition) is 6. The molecule has 2 rings (SSSR count). The minimum atomic E-state index is -0.846. The highest BCUT2D eigenvalue weighted by molar-refractivity contribution is 6.18. The smallest absolute Gasteiger partial charge is 0.330 e. The Labute approximate surface area is 120 Å². The Morgan fingerprint density at radius 1 is 1.00 bits per heavy atom. The van der Waals surface area contributed by atoms with Gasteiger partial charge in [0.25, 0.3) is 23.6 Å². The highest BCUT2D eigenvalue weighted by Crippen LogP contribution is 2.20. The van der Waals surface area contributed by atoms with Crippen LogP contribution in [0.25, 0.3) is 0 Å². The van der Waals surface area contributed by atoms with Crippen LogP contribution in [0.1, 0.15) is 33.1 Å². The molecule has 0 aromatic rings. The summed E-state index contributed by atoms with van der Waals surface area (Å²) < 4.78 is 0. The molecule has 2 aliphatic rings. The minimum Gasteiger partial charge on any atom is -0.330 e. The summed E-state index contributed by atoms with van der Waals surface area (Å²) in [7, 11) is 0. The molecule has 0 atom stereocenters. The Kier molecular flexibility index (Phi) is 3.88. The largest absolute Gasteiger partial charge is 0.335 e. The molecule has 1 fully saturated rings. The zero-order valence-corrected chi connectivity index (χ0v) is 11.7. The predicted octanol–water partition coefficient (Wildman–Crippen LogP) is -0.311. The fourth-order valence-electron chi connectivity index (χ4n) is 2.03. The molecular formula is C13H14N2O6. The Balaban J connectivity index is 1.88. The van der Waals surface area contributed by atoms with Crippen molar-refractivity contribution in [2.24, 2.45) is 0 Å². The van der Waals surface area contributed by atoms with Crippen molar-refractivity contribution in [3.8, 4) is 0 Å². The van der Waals surface area contributed by atoms with E-state index in [9.17, 15) is 24.0 Å². The van der Waals surface area contributed by atoms with Gasteiger partial charge < -0.3 is 4.84 Å². The van der Waals surface area contributed by atoms with Crippen molar-refractivity contribution in [1.29, 1.82) is 0 Å². The average Bonchev–Trinajstić information content (AvgIpc) is 2.84. The molecule has 0 unspecified atom stereocenters. The van der Waals surface area contributed by atoms with Gasteiger partial charge in [0.15, 0.2) is 0 Å². The van der Waals surface area contributed by atoms with Crippen molar-refractivity contribution in [2.45, 2.75) is 33.1 Å². The van der Waals surface area contributed by atoms with E-state index in [4.69, 9.17) is 0 Å². The lowest BCUT2D eigenvalue weighted by Gasteiger charge is -2.16. The third kappa shape index (κ3) is 2.69. The molecule has 4 amide bonds. The summed E-state index contributed by atoms with van der Waals surface area (Å²) in [5.41, 5.74) is 0.691. The van der Waals surface area contributed by atoms with E-state index in [1.54, 1.807) is 0 Å². The van der Waals surface area contributed by atoms with Gasteiger partial charge in [0.05, 0.1) is 6.42 Å². The van der Waals surface area contributed by atoms with E-state index >= 15 is 0 Å². The molecule has 21 heavy (non-hydrogen) atoms. The van der Waals surface area contributed by atoms with E-state index in [-0.39, 0.29) is 25.8 Å². The second-order valence-electron chi connectivity index (χ2n) is 4.81. The van der Waals surface area contributed by atoms with Crippen LogP contribution >= 0.6 is 0 Å². The Morgan fingerprint density at radius 3 is 1.95 bits per heavy atom. The number of hydroxylamine groups is 2. The van der Waals surface area contributed by atoms with Crippen LogP contribution in [0.5, 0.6) is 0 Å². The van der Waals surface area contributed by atoms with Crippen molar-refractivity contribution >= 4 is 29.6 Å². The number of hydrogen-bond donors (Lipinski definition) is 0. The molecule has 0 saturated carbocycles. The van der Waals surface area contributed by atoms with Gasteiger partial charge in [-0.1, -0.05) is 0 Å². The highest BCUT2D eigenvalue weighted by Gasteiger charge is 2.35. The van der Waals surface area contributed by atoms with Gasteiger partial charge in [0.1, 0.15) is 0 Å². The van der Waals surface area contributed by atoms with Gasteiger partial charge in [-0.15, -0.1) is 5.06 Å². The van der Waals surface area contributed by atoms with Crippen LogP contribution in [-0.4, -0.2) is 46.1 Å². The van der Waals surface area contributed by atoms with Crippen LogP contribution < -0.4 is 0 Å². The summed E-state index contributed by atoms with van der Waals surface area (Å²) in [6, 6.07) is 0. The van der Waals surface area contributed by atoms with Crippen molar-refractivity contribution in [3.05, 3.63) is 11.1 Å². The summed E-state index contributed by atoms with van der Waals surface area (Å²) in [4.78, 5) is 63.3. The summed E-state index contributed by atoms with van der Waals surface area (Å²) in [6.07, 6.45) is -0.260.